The molecule has 0 bridgehead atoms. The van der Waals surface area contributed by atoms with Crippen LogP contribution in [0.5, 0.6) is 0 Å². The van der Waals surface area contributed by atoms with E-state index in [0.29, 0.717) is 11.7 Å². The first-order chi connectivity index (χ1) is 9.06. The molecule has 1 fully saturated rings. The van der Waals surface area contributed by atoms with E-state index in [0.717, 1.165) is 12.5 Å². The second-order valence-corrected chi connectivity index (χ2v) is 5.72. The van der Waals surface area contributed by atoms with Crippen molar-refractivity contribution in [1.29, 1.82) is 0 Å². The maximum Gasteiger partial charge on any atom is 0.312 e. The number of hydrogen-bond donors (Lipinski definition) is 1. The second kappa shape index (κ2) is 6.19. The molecule has 0 aliphatic heterocycles. The largest absolute Gasteiger partial charge is 0.364 e. The Hall–Kier alpha value is -1.36. The molecule has 0 amide bonds. The minimum Gasteiger partial charge on any atom is -0.364 e. The minimum absolute atomic E-state index is 0.0586. The summed E-state index contributed by atoms with van der Waals surface area (Å²) < 4.78 is 0. The molecule has 5 nitrogen and oxygen atoms in total. The monoisotopic (exact) mass is 283 g/mol. The van der Waals surface area contributed by atoms with Gasteiger partial charge in [-0.15, -0.1) is 0 Å². The highest BCUT2D eigenvalue weighted by Gasteiger charge is 2.20. The van der Waals surface area contributed by atoms with Crippen LogP contribution >= 0.6 is 11.6 Å². The Kier molecular flexibility index (Phi) is 4.58. The van der Waals surface area contributed by atoms with E-state index in [1.54, 1.807) is 0 Å². The van der Waals surface area contributed by atoms with Gasteiger partial charge in [0.25, 0.3) is 0 Å². The van der Waals surface area contributed by atoms with Gasteiger partial charge in [0.05, 0.1) is 9.95 Å². The van der Waals surface area contributed by atoms with Crippen molar-refractivity contribution in [3.63, 3.8) is 0 Å². The lowest BCUT2D eigenvalue weighted by Crippen LogP contribution is -2.20. The van der Waals surface area contributed by atoms with Crippen LogP contribution in [0.2, 0.25) is 5.02 Å². The lowest BCUT2D eigenvalue weighted by atomic mass is 9.83. The number of hydrogen-bond acceptors (Lipinski definition) is 4. The Labute approximate surface area is 117 Å². The fraction of sp³-hybridized carbons (Fsp3) is 0.615. The quantitative estimate of drug-likeness (QED) is 0.672. The molecule has 2 rings (SSSR count). The van der Waals surface area contributed by atoms with Crippen LogP contribution in [0.25, 0.3) is 0 Å². The number of halogens is 1. The maximum atomic E-state index is 10.9. The van der Waals surface area contributed by atoms with Gasteiger partial charge in [0.2, 0.25) is 5.82 Å². The molecule has 1 heterocycles. The summed E-state index contributed by atoms with van der Waals surface area (Å²) >= 11 is 5.73. The topological polar surface area (TPSA) is 68.1 Å². The zero-order chi connectivity index (χ0) is 13.8. The molecular weight excluding hydrogens is 266 g/mol. The SMILES string of the molecule is CC1CCC(CNc2ncc(Cl)cc2[N+](=O)[O-])CC1. The number of aromatic nitrogens is 1. The van der Waals surface area contributed by atoms with Crippen LogP contribution in [0.1, 0.15) is 32.6 Å². The molecule has 104 valence electrons. The normalized spacial score (nSPS) is 23.1. The Bertz CT molecular complexity index is 459. The van der Waals surface area contributed by atoms with Crippen LogP contribution < -0.4 is 5.32 Å². The first-order valence-corrected chi connectivity index (χ1v) is 6.98. The molecule has 1 aliphatic rings. The van der Waals surface area contributed by atoms with Gasteiger partial charge in [-0.2, -0.15) is 0 Å². The molecule has 1 aliphatic carbocycles. The third-order valence-electron chi connectivity index (χ3n) is 3.72. The highest BCUT2D eigenvalue weighted by atomic mass is 35.5. The number of nitro groups is 1. The smallest absolute Gasteiger partial charge is 0.312 e. The van der Waals surface area contributed by atoms with Crippen molar-refractivity contribution in [1.82, 2.24) is 4.98 Å². The summed E-state index contributed by atoms with van der Waals surface area (Å²) in [6.45, 7) is 3.01. The van der Waals surface area contributed by atoms with E-state index in [-0.39, 0.29) is 10.7 Å². The Morgan fingerprint density at radius 1 is 1.47 bits per heavy atom. The predicted molar refractivity (Wildman–Crippen MR) is 75.5 cm³/mol. The third-order valence-corrected chi connectivity index (χ3v) is 3.93. The van der Waals surface area contributed by atoms with E-state index in [1.807, 2.05) is 0 Å². The van der Waals surface area contributed by atoms with Crippen molar-refractivity contribution in [2.45, 2.75) is 32.6 Å². The summed E-state index contributed by atoms with van der Waals surface area (Å²) in [5, 5.41) is 14.3. The number of rotatable bonds is 4. The van der Waals surface area contributed by atoms with Crippen LogP contribution in [0.15, 0.2) is 12.3 Å². The summed E-state index contributed by atoms with van der Waals surface area (Å²) in [6.07, 6.45) is 6.26. The average molecular weight is 284 g/mol. The van der Waals surface area contributed by atoms with Gasteiger partial charge < -0.3 is 5.32 Å². The minimum atomic E-state index is -0.454. The van der Waals surface area contributed by atoms with Gasteiger partial charge in [0.1, 0.15) is 0 Å². The number of anilines is 1. The first kappa shape index (κ1) is 14.1. The van der Waals surface area contributed by atoms with Crippen LogP contribution in [-0.2, 0) is 0 Å². The van der Waals surface area contributed by atoms with E-state index >= 15 is 0 Å². The Morgan fingerprint density at radius 3 is 2.79 bits per heavy atom. The lowest BCUT2D eigenvalue weighted by molar-refractivity contribution is -0.384. The van der Waals surface area contributed by atoms with E-state index in [2.05, 4.69) is 17.2 Å². The van der Waals surface area contributed by atoms with E-state index in [4.69, 9.17) is 11.6 Å². The highest BCUT2D eigenvalue weighted by Crippen LogP contribution is 2.30. The van der Waals surface area contributed by atoms with Crippen molar-refractivity contribution < 1.29 is 4.92 Å². The van der Waals surface area contributed by atoms with Gasteiger partial charge in [-0.05, 0) is 24.7 Å². The molecule has 1 aromatic heterocycles. The third kappa shape index (κ3) is 3.80. The summed E-state index contributed by atoms with van der Waals surface area (Å²) in [5.74, 6) is 1.69. The number of nitrogens with zero attached hydrogens (tertiary/aromatic N) is 2. The molecule has 1 saturated carbocycles. The molecular formula is C13H18ClN3O2. The Morgan fingerprint density at radius 2 is 2.16 bits per heavy atom. The van der Waals surface area contributed by atoms with Gasteiger partial charge >= 0.3 is 5.69 Å². The molecule has 0 aromatic carbocycles. The summed E-state index contributed by atoms with van der Waals surface area (Å²) in [4.78, 5) is 14.5. The van der Waals surface area contributed by atoms with E-state index in [1.165, 1.54) is 37.9 Å². The van der Waals surface area contributed by atoms with E-state index < -0.39 is 4.92 Å². The summed E-state index contributed by atoms with van der Waals surface area (Å²) in [6, 6.07) is 1.33. The van der Waals surface area contributed by atoms with Crippen molar-refractivity contribution >= 4 is 23.1 Å². The van der Waals surface area contributed by atoms with Crippen LogP contribution in [0.3, 0.4) is 0 Å². The zero-order valence-electron chi connectivity index (χ0n) is 10.9. The molecule has 0 atom stereocenters. The fourth-order valence-corrected chi connectivity index (χ4v) is 2.63. The molecule has 0 saturated heterocycles. The first-order valence-electron chi connectivity index (χ1n) is 6.60. The van der Waals surface area contributed by atoms with Gasteiger partial charge in [0.15, 0.2) is 0 Å². The number of pyridine rings is 1. The molecule has 0 spiro atoms. The zero-order valence-corrected chi connectivity index (χ0v) is 11.7. The second-order valence-electron chi connectivity index (χ2n) is 5.29. The fourth-order valence-electron chi connectivity index (χ4n) is 2.48. The molecule has 0 radical (unpaired) electrons. The van der Waals surface area contributed by atoms with Gasteiger partial charge in [-0.3, -0.25) is 10.1 Å². The van der Waals surface area contributed by atoms with Gasteiger partial charge in [0, 0.05) is 18.8 Å². The van der Waals surface area contributed by atoms with E-state index in [9.17, 15) is 10.1 Å². The molecule has 0 unspecified atom stereocenters. The number of nitrogens with one attached hydrogen (secondary N) is 1. The van der Waals surface area contributed by atoms with Gasteiger partial charge in [-0.25, -0.2) is 4.98 Å². The molecule has 6 heteroatoms. The maximum absolute atomic E-state index is 10.9. The lowest BCUT2D eigenvalue weighted by Gasteiger charge is -2.26. The standard InChI is InChI=1S/C13H18ClN3O2/c1-9-2-4-10(5-3-9)7-15-13-12(17(18)19)6-11(14)8-16-13/h6,8-10H,2-5,7H2,1H3,(H,15,16). The van der Waals surface area contributed by atoms with Crippen molar-refractivity contribution in [2.75, 3.05) is 11.9 Å². The average Bonchev–Trinajstić information content (AvgIpc) is 2.39. The molecule has 1 aromatic rings. The summed E-state index contributed by atoms with van der Waals surface area (Å²) in [5.41, 5.74) is -0.0586. The summed E-state index contributed by atoms with van der Waals surface area (Å²) in [7, 11) is 0. The van der Waals surface area contributed by atoms with Crippen molar-refractivity contribution in [2.24, 2.45) is 11.8 Å². The predicted octanol–water partition coefficient (Wildman–Crippen LogP) is 3.88. The van der Waals surface area contributed by atoms with Crippen LogP contribution in [0, 0.1) is 22.0 Å². The van der Waals surface area contributed by atoms with Crippen molar-refractivity contribution in [3.05, 3.63) is 27.4 Å². The van der Waals surface area contributed by atoms with Crippen LogP contribution in [0.4, 0.5) is 11.5 Å². The Balaban J connectivity index is 1.97. The van der Waals surface area contributed by atoms with Crippen molar-refractivity contribution in [3.8, 4) is 0 Å². The molecule has 19 heavy (non-hydrogen) atoms. The van der Waals surface area contributed by atoms with Crippen LogP contribution in [-0.4, -0.2) is 16.5 Å². The highest BCUT2D eigenvalue weighted by molar-refractivity contribution is 6.30. The molecule has 1 N–H and O–H groups in total. The van der Waals surface area contributed by atoms with Gasteiger partial charge in [-0.1, -0.05) is 31.4 Å².